The average molecular weight is 468 g/mol. The van der Waals surface area contributed by atoms with Gasteiger partial charge in [0.1, 0.15) is 6.33 Å². The van der Waals surface area contributed by atoms with Gasteiger partial charge in [0, 0.05) is 45.0 Å². The highest BCUT2D eigenvalue weighted by Crippen LogP contribution is 2.15. The van der Waals surface area contributed by atoms with Crippen LogP contribution >= 0.6 is 0 Å². The van der Waals surface area contributed by atoms with Gasteiger partial charge >= 0.3 is 0 Å². The number of nitrogens with zero attached hydrogens (tertiary/aromatic N) is 6. The summed E-state index contributed by atoms with van der Waals surface area (Å²) >= 11 is 0. The fourth-order valence-electron chi connectivity index (χ4n) is 4.34. The molecule has 0 aliphatic carbocycles. The molecule has 3 aromatic carbocycles. The minimum absolute atomic E-state index is 0.0394. The third kappa shape index (κ3) is 6.38. The quantitative estimate of drug-likeness (QED) is 0.429. The molecule has 8 nitrogen and oxygen atoms in total. The number of piperazine rings is 1. The van der Waals surface area contributed by atoms with Crippen molar-refractivity contribution in [3.8, 4) is 5.69 Å². The SMILES string of the molecule is O=C(Cc1ccc(-n2cnnn2)cc1)Nc1ccc(CN2CCN(Cc3ccccc3)CC2)cc1. The van der Waals surface area contributed by atoms with E-state index in [-0.39, 0.29) is 5.91 Å². The fraction of sp³-hybridized carbons (Fsp3) is 0.259. The molecule has 1 N–H and O–H groups in total. The van der Waals surface area contributed by atoms with E-state index in [1.54, 1.807) is 4.68 Å². The molecule has 178 valence electrons. The fourth-order valence-corrected chi connectivity index (χ4v) is 4.34. The Balaban J connectivity index is 1.06. The summed E-state index contributed by atoms with van der Waals surface area (Å²) in [5.41, 5.74) is 5.24. The second-order valence-corrected chi connectivity index (χ2v) is 8.88. The number of amides is 1. The normalized spacial score (nSPS) is 14.6. The van der Waals surface area contributed by atoms with Crippen LogP contribution < -0.4 is 5.32 Å². The predicted octanol–water partition coefficient (Wildman–Crippen LogP) is 3.16. The van der Waals surface area contributed by atoms with Crippen LogP contribution in [0, 0.1) is 0 Å². The van der Waals surface area contributed by atoms with Gasteiger partial charge in [-0.05, 0) is 51.4 Å². The number of benzene rings is 3. The molecule has 2 heterocycles. The van der Waals surface area contributed by atoms with E-state index in [2.05, 4.69) is 73.1 Å². The Labute approximate surface area is 205 Å². The van der Waals surface area contributed by atoms with Crippen molar-refractivity contribution in [2.45, 2.75) is 19.5 Å². The van der Waals surface area contributed by atoms with E-state index in [1.807, 2.05) is 36.4 Å². The van der Waals surface area contributed by atoms with Crippen LogP contribution in [0.1, 0.15) is 16.7 Å². The van der Waals surface area contributed by atoms with Crippen LogP contribution in [0.3, 0.4) is 0 Å². The highest BCUT2D eigenvalue weighted by molar-refractivity contribution is 5.92. The lowest BCUT2D eigenvalue weighted by atomic mass is 10.1. The van der Waals surface area contributed by atoms with Gasteiger partial charge in [-0.15, -0.1) is 5.10 Å². The molecule has 0 radical (unpaired) electrons. The number of hydrogen-bond donors (Lipinski definition) is 1. The van der Waals surface area contributed by atoms with Gasteiger partial charge in [0.05, 0.1) is 12.1 Å². The van der Waals surface area contributed by atoms with Crippen LogP contribution in [0.15, 0.2) is 85.2 Å². The van der Waals surface area contributed by atoms with Gasteiger partial charge in [0.2, 0.25) is 5.91 Å². The first kappa shape index (κ1) is 22.9. The van der Waals surface area contributed by atoms with Gasteiger partial charge < -0.3 is 5.32 Å². The number of aromatic nitrogens is 4. The molecular weight excluding hydrogens is 438 g/mol. The molecule has 0 atom stereocenters. The lowest BCUT2D eigenvalue weighted by Crippen LogP contribution is -2.45. The van der Waals surface area contributed by atoms with Gasteiger partial charge in [-0.1, -0.05) is 54.6 Å². The molecular formula is C27H29N7O. The van der Waals surface area contributed by atoms with E-state index in [9.17, 15) is 4.79 Å². The molecule has 0 unspecified atom stereocenters. The first-order chi connectivity index (χ1) is 17.2. The summed E-state index contributed by atoms with van der Waals surface area (Å²) in [5.74, 6) is -0.0394. The van der Waals surface area contributed by atoms with Crippen molar-refractivity contribution in [1.29, 1.82) is 0 Å². The molecule has 1 aliphatic rings. The van der Waals surface area contributed by atoms with E-state index in [0.717, 1.165) is 56.2 Å². The van der Waals surface area contributed by atoms with Crippen molar-refractivity contribution in [2.24, 2.45) is 0 Å². The summed E-state index contributed by atoms with van der Waals surface area (Å²) in [6, 6.07) is 26.5. The number of carbonyl (C=O) groups excluding carboxylic acids is 1. The van der Waals surface area contributed by atoms with Crippen LogP contribution in [0.4, 0.5) is 5.69 Å². The summed E-state index contributed by atoms with van der Waals surface area (Å²) in [5, 5.41) is 14.1. The molecule has 8 heteroatoms. The minimum atomic E-state index is -0.0394. The number of nitrogens with one attached hydrogen (secondary N) is 1. The molecule has 0 saturated carbocycles. The summed E-state index contributed by atoms with van der Waals surface area (Å²) < 4.78 is 1.58. The first-order valence-electron chi connectivity index (χ1n) is 11.9. The number of anilines is 1. The minimum Gasteiger partial charge on any atom is -0.326 e. The van der Waals surface area contributed by atoms with E-state index < -0.39 is 0 Å². The molecule has 1 aliphatic heterocycles. The second-order valence-electron chi connectivity index (χ2n) is 8.88. The maximum absolute atomic E-state index is 12.5. The Morgan fingerprint density at radius 2 is 1.34 bits per heavy atom. The van der Waals surface area contributed by atoms with Crippen molar-refractivity contribution in [1.82, 2.24) is 30.0 Å². The largest absolute Gasteiger partial charge is 0.326 e. The van der Waals surface area contributed by atoms with E-state index in [0.29, 0.717) is 6.42 Å². The smallest absolute Gasteiger partial charge is 0.228 e. The van der Waals surface area contributed by atoms with Crippen LogP contribution in [0.5, 0.6) is 0 Å². The molecule has 1 aromatic heterocycles. The van der Waals surface area contributed by atoms with E-state index in [4.69, 9.17) is 0 Å². The first-order valence-corrected chi connectivity index (χ1v) is 11.9. The zero-order valence-corrected chi connectivity index (χ0v) is 19.6. The Bertz CT molecular complexity index is 1200. The van der Waals surface area contributed by atoms with Gasteiger partial charge in [-0.3, -0.25) is 14.6 Å². The third-order valence-electron chi connectivity index (χ3n) is 6.27. The lowest BCUT2D eigenvalue weighted by molar-refractivity contribution is -0.115. The predicted molar refractivity (Wildman–Crippen MR) is 135 cm³/mol. The molecule has 1 saturated heterocycles. The molecule has 4 aromatic rings. The highest BCUT2D eigenvalue weighted by Gasteiger charge is 2.17. The number of carbonyl (C=O) groups is 1. The molecule has 5 rings (SSSR count). The van der Waals surface area contributed by atoms with Crippen molar-refractivity contribution in [3.05, 3.63) is 102 Å². The zero-order valence-electron chi connectivity index (χ0n) is 19.6. The molecule has 0 spiro atoms. The number of tetrazole rings is 1. The average Bonchev–Trinajstić information content (AvgIpc) is 3.43. The van der Waals surface area contributed by atoms with Gasteiger partial charge in [0.15, 0.2) is 0 Å². The third-order valence-corrected chi connectivity index (χ3v) is 6.27. The molecule has 0 bridgehead atoms. The molecule has 35 heavy (non-hydrogen) atoms. The summed E-state index contributed by atoms with van der Waals surface area (Å²) in [7, 11) is 0. The van der Waals surface area contributed by atoms with Crippen LogP contribution in [0.25, 0.3) is 5.69 Å². The molecule has 1 fully saturated rings. The van der Waals surface area contributed by atoms with Crippen LogP contribution in [-0.4, -0.2) is 62.1 Å². The maximum Gasteiger partial charge on any atom is 0.228 e. The Morgan fingerprint density at radius 1 is 0.743 bits per heavy atom. The lowest BCUT2D eigenvalue weighted by Gasteiger charge is -2.34. The maximum atomic E-state index is 12.5. The second kappa shape index (κ2) is 11.0. The zero-order chi connectivity index (χ0) is 23.9. The Kier molecular flexibility index (Phi) is 7.21. The topological polar surface area (TPSA) is 79.2 Å². The van der Waals surface area contributed by atoms with Crippen LogP contribution in [-0.2, 0) is 24.3 Å². The standard InChI is InChI=1S/C27H29N7O/c35-27(18-22-8-12-26(13-9-22)34-21-28-30-31-34)29-25-10-6-24(7-11-25)20-33-16-14-32(15-17-33)19-23-4-2-1-3-5-23/h1-13,21H,14-20H2,(H,29,35). The monoisotopic (exact) mass is 467 g/mol. The highest BCUT2D eigenvalue weighted by atomic mass is 16.1. The van der Waals surface area contributed by atoms with Gasteiger partial charge in [-0.2, -0.15) is 0 Å². The van der Waals surface area contributed by atoms with Crippen molar-refractivity contribution in [3.63, 3.8) is 0 Å². The van der Waals surface area contributed by atoms with Crippen molar-refractivity contribution < 1.29 is 4.79 Å². The Hall–Kier alpha value is -3.88. The van der Waals surface area contributed by atoms with Crippen molar-refractivity contribution >= 4 is 11.6 Å². The summed E-state index contributed by atoms with van der Waals surface area (Å²) in [6.07, 6.45) is 1.85. The van der Waals surface area contributed by atoms with Crippen LogP contribution in [0.2, 0.25) is 0 Å². The van der Waals surface area contributed by atoms with Crippen molar-refractivity contribution in [2.75, 3.05) is 31.5 Å². The number of rotatable bonds is 8. The molecule has 1 amide bonds. The summed E-state index contributed by atoms with van der Waals surface area (Å²) in [4.78, 5) is 17.5. The Morgan fingerprint density at radius 3 is 1.94 bits per heavy atom. The summed E-state index contributed by atoms with van der Waals surface area (Å²) in [6.45, 7) is 6.25. The number of hydrogen-bond acceptors (Lipinski definition) is 6. The van der Waals surface area contributed by atoms with E-state index >= 15 is 0 Å². The van der Waals surface area contributed by atoms with Gasteiger partial charge in [-0.25, -0.2) is 4.68 Å². The van der Waals surface area contributed by atoms with E-state index in [1.165, 1.54) is 17.5 Å². The van der Waals surface area contributed by atoms with Gasteiger partial charge in [0.25, 0.3) is 0 Å².